The lowest BCUT2D eigenvalue weighted by molar-refractivity contribution is -0.138. The smallest absolute Gasteiger partial charge is 0.257 e. The second-order valence-corrected chi connectivity index (χ2v) is 9.80. The molecule has 1 atom stereocenters. The van der Waals surface area contributed by atoms with Gasteiger partial charge in [0.25, 0.3) is 5.91 Å². The summed E-state index contributed by atoms with van der Waals surface area (Å²) in [4.78, 5) is 30.7. The summed E-state index contributed by atoms with van der Waals surface area (Å²) in [6.07, 6.45) is 9.11. The Morgan fingerprint density at radius 1 is 0.882 bits per heavy atom. The van der Waals surface area contributed by atoms with Crippen molar-refractivity contribution in [3.8, 4) is 5.75 Å². The fourth-order valence-electron chi connectivity index (χ4n) is 5.27. The number of hydrogen-bond donors (Lipinski definition) is 0. The molecule has 182 valence electrons. The number of rotatable bonds is 3. The van der Waals surface area contributed by atoms with Crippen LogP contribution >= 0.6 is 0 Å². The molecule has 5 nitrogen and oxygen atoms in total. The summed E-state index contributed by atoms with van der Waals surface area (Å²) in [5.74, 6) is 1.02. The van der Waals surface area contributed by atoms with Crippen LogP contribution in [0.3, 0.4) is 0 Å². The lowest BCUT2D eigenvalue weighted by Gasteiger charge is -2.34. The molecule has 0 bridgehead atoms. The third-order valence-electron chi connectivity index (χ3n) is 7.28. The highest BCUT2D eigenvalue weighted by Crippen LogP contribution is 2.29. The number of carbonyl (C=O) groups is 2. The van der Waals surface area contributed by atoms with E-state index in [1.54, 1.807) is 4.90 Å². The van der Waals surface area contributed by atoms with Gasteiger partial charge < -0.3 is 14.5 Å². The summed E-state index contributed by atoms with van der Waals surface area (Å²) in [6.45, 7) is 1.88. The van der Waals surface area contributed by atoms with E-state index in [0.29, 0.717) is 23.8 Å². The summed E-state index contributed by atoms with van der Waals surface area (Å²) >= 11 is 0. The highest BCUT2D eigenvalue weighted by molar-refractivity contribution is 5.96. The van der Waals surface area contributed by atoms with Gasteiger partial charge in [-0.2, -0.15) is 0 Å². The standard InChI is InChI=1S/C29H38N2O3/c1-30-19-11-2-3-12-20-31(28(32)24-15-7-8-16-24)25(21-23-13-5-4-6-14-23)22-34-27-18-10-9-17-26(27)29(30)33/h4-6,9-10,13-14,17-18,24-25H,2-3,7-8,11-12,15-16,19-22H2,1H3/t25-/m0/s1. The summed E-state index contributed by atoms with van der Waals surface area (Å²) in [7, 11) is 1.87. The van der Waals surface area contributed by atoms with Crippen LogP contribution in [0.5, 0.6) is 5.75 Å². The molecular weight excluding hydrogens is 424 g/mol. The maximum absolute atomic E-state index is 13.7. The average molecular weight is 463 g/mol. The van der Waals surface area contributed by atoms with Crippen molar-refractivity contribution in [1.82, 2.24) is 9.80 Å². The van der Waals surface area contributed by atoms with Crippen molar-refractivity contribution in [3.05, 3.63) is 65.7 Å². The van der Waals surface area contributed by atoms with E-state index >= 15 is 0 Å². The molecule has 0 aromatic heterocycles. The van der Waals surface area contributed by atoms with E-state index in [-0.39, 0.29) is 17.9 Å². The van der Waals surface area contributed by atoms with Crippen LogP contribution in [-0.2, 0) is 11.2 Å². The fraction of sp³-hybridized carbons (Fsp3) is 0.517. The fourth-order valence-corrected chi connectivity index (χ4v) is 5.27. The van der Waals surface area contributed by atoms with Gasteiger partial charge in [0, 0.05) is 26.1 Å². The minimum atomic E-state index is -0.0701. The number of hydrogen-bond acceptors (Lipinski definition) is 3. The first-order chi connectivity index (χ1) is 16.6. The van der Waals surface area contributed by atoms with Gasteiger partial charge in [0.1, 0.15) is 12.4 Å². The highest BCUT2D eigenvalue weighted by atomic mass is 16.5. The number of benzene rings is 2. The number of carbonyl (C=O) groups excluding carboxylic acids is 2. The molecule has 0 radical (unpaired) electrons. The van der Waals surface area contributed by atoms with Gasteiger partial charge in [0.15, 0.2) is 0 Å². The quantitative estimate of drug-likeness (QED) is 0.619. The van der Waals surface area contributed by atoms with Gasteiger partial charge in [0.2, 0.25) is 5.91 Å². The van der Waals surface area contributed by atoms with Gasteiger partial charge in [-0.15, -0.1) is 0 Å². The molecule has 0 N–H and O–H groups in total. The number of para-hydroxylation sites is 1. The van der Waals surface area contributed by atoms with E-state index < -0.39 is 0 Å². The lowest BCUT2D eigenvalue weighted by Crippen LogP contribution is -2.47. The van der Waals surface area contributed by atoms with Crippen molar-refractivity contribution in [2.24, 2.45) is 5.92 Å². The van der Waals surface area contributed by atoms with E-state index in [1.807, 2.05) is 49.5 Å². The van der Waals surface area contributed by atoms with Crippen molar-refractivity contribution in [2.45, 2.75) is 63.8 Å². The van der Waals surface area contributed by atoms with Crippen LogP contribution in [0.25, 0.3) is 0 Å². The second kappa shape index (κ2) is 12.0. The molecule has 2 amide bonds. The molecule has 0 unspecified atom stereocenters. The first-order valence-electron chi connectivity index (χ1n) is 12.9. The van der Waals surface area contributed by atoms with Crippen molar-refractivity contribution in [1.29, 1.82) is 0 Å². The van der Waals surface area contributed by atoms with E-state index in [9.17, 15) is 9.59 Å². The molecule has 4 rings (SSSR count). The molecule has 1 fully saturated rings. The summed E-state index contributed by atoms with van der Waals surface area (Å²) in [6, 6.07) is 17.8. The molecule has 0 saturated heterocycles. The van der Waals surface area contributed by atoms with Crippen LogP contribution in [0.4, 0.5) is 0 Å². The maximum Gasteiger partial charge on any atom is 0.257 e. The van der Waals surface area contributed by atoms with Crippen molar-refractivity contribution in [3.63, 3.8) is 0 Å². The van der Waals surface area contributed by atoms with Crippen LogP contribution in [0, 0.1) is 5.92 Å². The van der Waals surface area contributed by atoms with Crippen molar-refractivity contribution < 1.29 is 14.3 Å². The minimum absolute atomic E-state index is 0.00819. The number of nitrogens with zero attached hydrogens (tertiary/aromatic N) is 2. The summed E-state index contributed by atoms with van der Waals surface area (Å²) < 4.78 is 6.34. The van der Waals surface area contributed by atoms with Gasteiger partial charge in [-0.05, 0) is 49.8 Å². The van der Waals surface area contributed by atoms with E-state index in [0.717, 1.165) is 70.9 Å². The van der Waals surface area contributed by atoms with Crippen LogP contribution in [-0.4, -0.2) is 54.4 Å². The lowest BCUT2D eigenvalue weighted by atomic mass is 10.00. The Kier molecular flexibility index (Phi) is 8.62. The summed E-state index contributed by atoms with van der Waals surface area (Å²) in [5, 5.41) is 0. The number of ether oxygens (including phenoxy) is 1. The Hall–Kier alpha value is -2.82. The minimum Gasteiger partial charge on any atom is -0.491 e. The van der Waals surface area contributed by atoms with Crippen LogP contribution in [0.2, 0.25) is 0 Å². The third-order valence-corrected chi connectivity index (χ3v) is 7.28. The summed E-state index contributed by atoms with van der Waals surface area (Å²) in [5.41, 5.74) is 1.79. The Morgan fingerprint density at radius 3 is 2.32 bits per heavy atom. The third kappa shape index (κ3) is 6.19. The average Bonchev–Trinajstić information content (AvgIpc) is 3.41. The molecule has 1 aliphatic heterocycles. The second-order valence-electron chi connectivity index (χ2n) is 9.80. The van der Waals surface area contributed by atoms with Gasteiger partial charge in [-0.3, -0.25) is 9.59 Å². The Labute approximate surface area is 204 Å². The molecule has 1 aliphatic carbocycles. The molecule has 0 spiro atoms. The normalized spacial score (nSPS) is 21.0. The molecule has 1 heterocycles. The van der Waals surface area contributed by atoms with Crippen LogP contribution in [0.1, 0.15) is 67.3 Å². The molecule has 2 aromatic rings. The van der Waals surface area contributed by atoms with E-state index in [2.05, 4.69) is 17.0 Å². The highest BCUT2D eigenvalue weighted by Gasteiger charge is 2.32. The first-order valence-corrected chi connectivity index (χ1v) is 12.9. The number of fused-ring (bicyclic) bond motifs is 1. The van der Waals surface area contributed by atoms with Gasteiger partial charge in [-0.25, -0.2) is 0 Å². The number of amides is 2. The zero-order valence-electron chi connectivity index (χ0n) is 20.5. The van der Waals surface area contributed by atoms with Gasteiger partial charge in [0.05, 0.1) is 11.6 Å². The monoisotopic (exact) mass is 462 g/mol. The maximum atomic E-state index is 13.7. The zero-order valence-corrected chi connectivity index (χ0v) is 20.5. The van der Waals surface area contributed by atoms with E-state index in [1.165, 1.54) is 5.56 Å². The molecule has 5 heteroatoms. The van der Waals surface area contributed by atoms with Gasteiger partial charge in [-0.1, -0.05) is 68.1 Å². The first kappa shape index (κ1) is 24.3. The predicted molar refractivity (Wildman–Crippen MR) is 135 cm³/mol. The molecular formula is C29H38N2O3. The van der Waals surface area contributed by atoms with Crippen LogP contribution < -0.4 is 4.74 Å². The Morgan fingerprint density at radius 2 is 1.56 bits per heavy atom. The largest absolute Gasteiger partial charge is 0.491 e. The Balaban J connectivity index is 1.63. The SMILES string of the molecule is CN1CCCCCCN(C(=O)C2CCCC2)[C@@H](Cc2ccccc2)COc2ccccc2C1=O. The predicted octanol–water partition coefficient (Wildman–Crippen LogP) is 5.34. The van der Waals surface area contributed by atoms with Gasteiger partial charge >= 0.3 is 0 Å². The zero-order chi connectivity index (χ0) is 23.8. The molecule has 2 aromatic carbocycles. The molecule has 34 heavy (non-hydrogen) atoms. The van der Waals surface area contributed by atoms with Crippen LogP contribution in [0.15, 0.2) is 54.6 Å². The topological polar surface area (TPSA) is 49.9 Å². The van der Waals surface area contributed by atoms with Crippen molar-refractivity contribution >= 4 is 11.8 Å². The van der Waals surface area contributed by atoms with Crippen molar-refractivity contribution in [2.75, 3.05) is 26.7 Å². The molecule has 1 saturated carbocycles. The Bertz CT molecular complexity index is 939. The van der Waals surface area contributed by atoms with E-state index in [4.69, 9.17) is 4.74 Å². The molecule has 2 aliphatic rings.